The summed E-state index contributed by atoms with van der Waals surface area (Å²) in [7, 11) is 0. The SMILES string of the molecule is CCCCCCCCCCCCc1ccc(-c2ccc(CCC)cc2F)cc1. The standard InChI is InChI=1S/C27H39F/c1-3-5-6-7-8-9-10-11-12-13-15-23-16-19-25(20-17-23)26-21-18-24(14-4-2)22-27(26)28/h16-22H,3-15H2,1-2H3. The minimum absolute atomic E-state index is 0.103. The van der Waals surface area contributed by atoms with Gasteiger partial charge in [-0.3, -0.25) is 0 Å². The molecule has 0 aliphatic heterocycles. The van der Waals surface area contributed by atoms with Gasteiger partial charge in [-0.25, -0.2) is 4.39 Å². The third kappa shape index (κ3) is 8.17. The maximum absolute atomic E-state index is 14.4. The van der Waals surface area contributed by atoms with Gasteiger partial charge in [-0.2, -0.15) is 0 Å². The molecule has 0 N–H and O–H groups in total. The lowest BCUT2D eigenvalue weighted by Gasteiger charge is -2.08. The van der Waals surface area contributed by atoms with Gasteiger partial charge in [-0.15, -0.1) is 0 Å². The summed E-state index contributed by atoms with van der Waals surface area (Å²) >= 11 is 0. The van der Waals surface area contributed by atoms with Crippen LogP contribution in [0, 0.1) is 5.82 Å². The Kier molecular flexibility index (Phi) is 10.9. The number of hydrogen-bond donors (Lipinski definition) is 0. The van der Waals surface area contributed by atoms with Gasteiger partial charge in [-0.05, 0) is 42.0 Å². The zero-order chi connectivity index (χ0) is 20.0. The predicted octanol–water partition coefficient (Wildman–Crippen LogP) is 8.91. The summed E-state index contributed by atoms with van der Waals surface area (Å²) in [6.45, 7) is 4.40. The second-order valence-electron chi connectivity index (χ2n) is 8.19. The smallest absolute Gasteiger partial charge is 0.131 e. The van der Waals surface area contributed by atoms with Crippen molar-refractivity contribution in [2.24, 2.45) is 0 Å². The van der Waals surface area contributed by atoms with E-state index in [2.05, 4.69) is 44.2 Å². The van der Waals surface area contributed by atoms with Crippen molar-refractivity contribution in [3.8, 4) is 11.1 Å². The van der Waals surface area contributed by atoms with Crippen LogP contribution in [-0.4, -0.2) is 0 Å². The number of hydrogen-bond acceptors (Lipinski definition) is 0. The molecule has 0 unspecified atom stereocenters. The van der Waals surface area contributed by atoms with E-state index < -0.39 is 0 Å². The highest BCUT2D eigenvalue weighted by molar-refractivity contribution is 5.64. The molecule has 0 aliphatic rings. The fourth-order valence-corrected chi connectivity index (χ4v) is 3.90. The van der Waals surface area contributed by atoms with Gasteiger partial charge in [0.2, 0.25) is 0 Å². The number of aryl methyl sites for hydroxylation is 2. The Labute approximate surface area is 172 Å². The van der Waals surface area contributed by atoms with Gasteiger partial charge >= 0.3 is 0 Å². The van der Waals surface area contributed by atoms with Crippen molar-refractivity contribution >= 4 is 0 Å². The zero-order valence-corrected chi connectivity index (χ0v) is 18.1. The van der Waals surface area contributed by atoms with Crippen LogP contribution in [0.4, 0.5) is 4.39 Å². The van der Waals surface area contributed by atoms with Gasteiger partial charge in [0, 0.05) is 5.56 Å². The highest BCUT2D eigenvalue weighted by Gasteiger charge is 2.06. The molecule has 0 atom stereocenters. The molecule has 2 rings (SSSR count). The summed E-state index contributed by atoms with van der Waals surface area (Å²) in [5.41, 5.74) is 4.14. The second kappa shape index (κ2) is 13.5. The quantitative estimate of drug-likeness (QED) is 0.286. The maximum Gasteiger partial charge on any atom is 0.131 e. The summed E-state index contributed by atoms with van der Waals surface area (Å²) in [6.07, 6.45) is 16.8. The van der Waals surface area contributed by atoms with E-state index in [0.717, 1.165) is 30.4 Å². The molecule has 0 spiro atoms. The molecule has 154 valence electrons. The Morgan fingerprint density at radius 2 is 1.14 bits per heavy atom. The average molecular weight is 383 g/mol. The summed E-state index contributed by atoms with van der Waals surface area (Å²) in [5, 5.41) is 0. The van der Waals surface area contributed by atoms with E-state index >= 15 is 0 Å². The van der Waals surface area contributed by atoms with Gasteiger partial charge in [0.1, 0.15) is 5.82 Å². The van der Waals surface area contributed by atoms with Crippen LogP contribution >= 0.6 is 0 Å². The zero-order valence-electron chi connectivity index (χ0n) is 18.1. The third-order valence-corrected chi connectivity index (χ3v) is 5.66. The summed E-state index contributed by atoms with van der Waals surface area (Å²) in [5.74, 6) is -0.103. The largest absolute Gasteiger partial charge is 0.206 e. The molecule has 1 heteroatoms. The Bertz CT molecular complexity index is 656. The molecule has 0 radical (unpaired) electrons. The maximum atomic E-state index is 14.4. The van der Waals surface area contributed by atoms with Crippen molar-refractivity contribution in [3.63, 3.8) is 0 Å². The Morgan fingerprint density at radius 1 is 0.571 bits per heavy atom. The molecular weight excluding hydrogens is 343 g/mol. The topological polar surface area (TPSA) is 0 Å². The van der Waals surface area contributed by atoms with Crippen LogP contribution in [0.5, 0.6) is 0 Å². The van der Waals surface area contributed by atoms with Crippen LogP contribution in [0.25, 0.3) is 11.1 Å². The van der Waals surface area contributed by atoms with Crippen LogP contribution < -0.4 is 0 Å². The summed E-state index contributed by atoms with van der Waals surface area (Å²) in [4.78, 5) is 0. The molecule has 0 nitrogen and oxygen atoms in total. The fourth-order valence-electron chi connectivity index (χ4n) is 3.90. The lowest BCUT2D eigenvalue weighted by molar-refractivity contribution is 0.556. The lowest BCUT2D eigenvalue weighted by Crippen LogP contribution is -1.91. The molecule has 0 bridgehead atoms. The number of unbranched alkanes of at least 4 members (excludes halogenated alkanes) is 9. The van der Waals surface area contributed by atoms with Crippen molar-refractivity contribution < 1.29 is 4.39 Å². The van der Waals surface area contributed by atoms with E-state index in [4.69, 9.17) is 0 Å². The van der Waals surface area contributed by atoms with Crippen molar-refractivity contribution in [3.05, 3.63) is 59.4 Å². The van der Waals surface area contributed by atoms with Crippen LogP contribution in [0.2, 0.25) is 0 Å². The Hall–Kier alpha value is -1.63. The molecule has 0 saturated carbocycles. The molecule has 0 amide bonds. The first kappa shape index (κ1) is 22.7. The van der Waals surface area contributed by atoms with E-state index in [1.807, 2.05) is 6.07 Å². The molecule has 0 heterocycles. The van der Waals surface area contributed by atoms with Gasteiger partial charge in [-0.1, -0.05) is 114 Å². The molecular formula is C27H39F. The molecule has 0 aliphatic carbocycles. The molecule has 2 aromatic rings. The van der Waals surface area contributed by atoms with E-state index in [0.29, 0.717) is 5.56 Å². The predicted molar refractivity (Wildman–Crippen MR) is 121 cm³/mol. The van der Waals surface area contributed by atoms with E-state index in [-0.39, 0.29) is 5.82 Å². The first-order valence-electron chi connectivity index (χ1n) is 11.6. The lowest BCUT2D eigenvalue weighted by atomic mass is 9.98. The molecule has 0 aromatic heterocycles. The first-order valence-corrected chi connectivity index (χ1v) is 11.6. The van der Waals surface area contributed by atoms with Crippen molar-refractivity contribution in [1.82, 2.24) is 0 Å². The molecule has 2 aromatic carbocycles. The fraction of sp³-hybridized carbons (Fsp3) is 0.556. The van der Waals surface area contributed by atoms with E-state index in [9.17, 15) is 4.39 Å². The minimum atomic E-state index is -0.103. The molecule has 0 fully saturated rings. The van der Waals surface area contributed by atoms with Crippen LogP contribution in [0.15, 0.2) is 42.5 Å². The Morgan fingerprint density at radius 3 is 1.71 bits per heavy atom. The molecule has 28 heavy (non-hydrogen) atoms. The van der Waals surface area contributed by atoms with Crippen LogP contribution in [0.3, 0.4) is 0 Å². The number of rotatable bonds is 14. The number of benzene rings is 2. The highest BCUT2D eigenvalue weighted by atomic mass is 19.1. The van der Waals surface area contributed by atoms with Gasteiger partial charge in [0.05, 0.1) is 0 Å². The first-order chi connectivity index (χ1) is 13.7. The third-order valence-electron chi connectivity index (χ3n) is 5.66. The van der Waals surface area contributed by atoms with Gasteiger partial charge in [0.25, 0.3) is 0 Å². The van der Waals surface area contributed by atoms with Crippen LogP contribution in [-0.2, 0) is 12.8 Å². The van der Waals surface area contributed by atoms with Crippen molar-refractivity contribution in [2.75, 3.05) is 0 Å². The minimum Gasteiger partial charge on any atom is -0.206 e. The van der Waals surface area contributed by atoms with E-state index in [1.165, 1.54) is 69.8 Å². The number of halogens is 1. The van der Waals surface area contributed by atoms with Gasteiger partial charge in [0.15, 0.2) is 0 Å². The molecule has 0 saturated heterocycles. The average Bonchev–Trinajstić information content (AvgIpc) is 2.70. The summed E-state index contributed by atoms with van der Waals surface area (Å²) in [6, 6.07) is 14.2. The second-order valence-corrected chi connectivity index (χ2v) is 8.19. The van der Waals surface area contributed by atoms with Crippen molar-refractivity contribution in [1.29, 1.82) is 0 Å². The van der Waals surface area contributed by atoms with Gasteiger partial charge < -0.3 is 0 Å². The Balaban J connectivity index is 1.67. The van der Waals surface area contributed by atoms with E-state index in [1.54, 1.807) is 6.07 Å². The normalized spacial score (nSPS) is 11.1. The summed E-state index contributed by atoms with van der Waals surface area (Å²) < 4.78 is 14.4. The van der Waals surface area contributed by atoms with Crippen LogP contribution in [0.1, 0.15) is 95.6 Å². The highest BCUT2D eigenvalue weighted by Crippen LogP contribution is 2.25. The van der Waals surface area contributed by atoms with Crippen molar-refractivity contribution in [2.45, 2.75) is 97.3 Å². The monoisotopic (exact) mass is 382 g/mol.